The second-order valence-electron chi connectivity index (χ2n) is 6.20. The van der Waals surface area contributed by atoms with Crippen LogP contribution in [-0.2, 0) is 14.3 Å². The lowest BCUT2D eigenvalue weighted by molar-refractivity contribution is -0.136. The van der Waals surface area contributed by atoms with Gasteiger partial charge in [0.2, 0.25) is 6.10 Å². The third-order valence-corrected chi connectivity index (χ3v) is 3.89. The van der Waals surface area contributed by atoms with Gasteiger partial charge in [-0.15, -0.1) is 0 Å². The molecule has 0 fully saturated rings. The van der Waals surface area contributed by atoms with Gasteiger partial charge >= 0.3 is 6.09 Å². The van der Waals surface area contributed by atoms with E-state index in [1.54, 1.807) is 45.9 Å². The van der Waals surface area contributed by atoms with Crippen LogP contribution in [0.2, 0.25) is 0 Å². The molecular formula is C16H22BrN3O5. The highest BCUT2D eigenvalue weighted by Crippen LogP contribution is 2.19. The smallest absolute Gasteiger partial charge is 0.405 e. The quantitative estimate of drug-likeness (QED) is 0.633. The van der Waals surface area contributed by atoms with Crippen molar-refractivity contribution in [2.45, 2.75) is 39.4 Å². The molecule has 0 bridgehead atoms. The second kappa shape index (κ2) is 8.82. The van der Waals surface area contributed by atoms with E-state index < -0.39 is 29.6 Å². The average Bonchev–Trinajstić information content (AvgIpc) is 2.50. The third-order valence-electron chi connectivity index (χ3n) is 3.03. The van der Waals surface area contributed by atoms with Crippen LogP contribution in [0.4, 0.5) is 4.79 Å². The van der Waals surface area contributed by atoms with Crippen molar-refractivity contribution >= 4 is 33.8 Å². The van der Waals surface area contributed by atoms with Gasteiger partial charge in [-0.2, -0.15) is 0 Å². The molecule has 8 nitrogen and oxygen atoms in total. The van der Waals surface area contributed by atoms with Crippen molar-refractivity contribution in [3.05, 3.63) is 33.8 Å². The van der Waals surface area contributed by atoms with Gasteiger partial charge in [0.25, 0.3) is 11.8 Å². The van der Waals surface area contributed by atoms with Crippen molar-refractivity contribution in [1.29, 1.82) is 0 Å². The lowest BCUT2D eigenvalue weighted by atomic mass is 10.1. The molecule has 1 rings (SSSR count). The molecule has 0 saturated heterocycles. The highest BCUT2D eigenvalue weighted by atomic mass is 79.9. The monoisotopic (exact) mass is 415 g/mol. The first-order chi connectivity index (χ1) is 11.5. The number of nitrogens with one attached hydrogen (secondary N) is 2. The number of carbonyl (C=O) groups excluding carboxylic acids is 3. The fraction of sp³-hybridized carbons (Fsp3) is 0.438. The van der Waals surface area contributed by atoms with E-state index in [1.807, 2.05) is 0 Å². The Hall–Kier alpha value is -2.13. The van der Waals surface area contributed by atoms with Gasteiger partial charge in [-0.25, -0.2) is 4.79 Å². The Balaban J connectivity index is 2.71. The van der Waals surface area contributed by atoms with Gasteiger partial charge < -0.3 is 15.2 Å². The number of hydrazine groups is 1. The summed E-state index contributed by atoms with van der Waals surface area (Å²) in [5.74, 6) is -1.27. The van der Waals surface area contributed by atoms with Crippen LogP contribution in [0.25, 0.3) is 0 Å². The van der Waals surface area contributed by atoms with E-state index >= 15 is 0 Å². The Morgan fingerprint density at radius 1 is 1.24 bits per heavy atom. The Bertz CT molecular complexity index is 658. The highest BCUT2D eigenvalue weighted by Gasteiger charge is 2.25. The minimum absolute atomic E-state index is 0.204. The summed E-state index contributed by atoms with van der Waals surface area (Å²) in [6, 6.07) is 5.11. The van der Waals surface area contributed by atoms with E-state index in [-0.39, 0.29) is 6.61 Å². The number of rotatable bonds is 5. The van der Waals surface area contributed by atoms with Crippen molar-refractivity contribution < 1.29 is 23.9 Å². The first-order valence-electron chi connectivity index (χ1n) is 7.46. The molecule has 1 aromatic rings. The first kappa shape index (κ1) is 20.9. The highest BCUT2D eigenvalue weighted by molar-refractivity contribution is 9.10. The maximum Gasteiger partial charge on any atom is 0.405 e. The molecule has 25 heavy (non-hydrogen) atoms. The summed E-state index contributed by atoms with van der Waals surface area (Å²) in [4.78, 5) is 35.3. The molecule has 0 aliphatic rings. The van der Waals surface area contributed by atoms with E-state index in [0.717, 1.165) is 10.0 Å². The molecule has 4 N–H and O–H groups in total. The summed E-state index contributed by atoms with van der Waals surface area (Å²) < 4.78 is 10.9. The van der Waals surface area contributed by atoms with Gasteiger partial charge in [-0.3, -0.25) is 20.4 Å². The SMILES string of the molecule is Cc1c(Br)cccc1C(=O)NNC(=O)[C@@H](COC(C)(C)C)OC(N)=O. The fourth-order valence-electron chi connectivity index (χ4n) is 1.75. The maximum atomic E-state index is 12.2. The summed E-state index contributed by atoms with van der Waals surface area (Å²) in [5.41, 5.74) is 9.99. The molecule has 0 unspecified atom stereocenters. The lowest BCUT2D eigenvalue weighted by Crippen LogP contribution is -2.50. The van der Waals surface area contributed by atoms with E-state index in [0.29, 0.717) is 5.56 Å². The Labute approximate surface area is 154 Å². The predicted molar refractivity (Wildman–Crippen MR) is 94.6 cm³/mol. The number of hydrogen-bond acceptors (Lipinski definition) is 5. The molecule has 0 saturated carbocycles. The number of primary amides is 1. The number of ether oxygens (including phenoxy) is 2. The molecule has 0 spiro atoms. The predicted octanol–water partition coefficient (Wildman–Crippen LogP) is 1.80. The van der Waals surface area contributed by atoms with Crippen LogP contribution < -0.4 is 16.6 Å². The van der Waals surface area contributed by atoms with Crippen LogP contribution in [0.5, 0.6) is 0 Å². The molecule has 0 aliphatic carbocycles. The summed E-state index contributed by atoms with van der Waals surface area (Å²) in [5, 5.41) is 0. The zero-order valence-corrected chi connectivity index (χ0v) is 16.1. The van der Waals surface area contributed by atoms with Crippen LogP contribution in [0.1, 0.15) is 36.7 Å². The first-order valence-corrected chi connectivity index (χ1v) is 8.26. The number of carbonyl (C=O) groups is 3. The summed E-state index contributed by atoms with van der Waals surface area (Å²) >= 11 is 3.33. The molecule has 0 aromatic heterocycles. The van der Waals surface area contributed by atoms with Crippen molar-refractivity contribution in [1.82, 2.24) is 10.9 Å². The Morgan fingerprint density at radius 2 is 1.88 bits per heavy atom. The maximum absolute atomic E-state index is 12.2. The molecule has 9 heteroatoms. The van der Waals surface area contributed by atoms with Crippen LogP contribution >= 0.6 is 15.9 Å². The van der Waals surface area contributed by atoms with Crippen molar-refractivity contribution in [2.24, 2.45) is 5.73 Å². The Morgan fingerprint density at radius 3 is 2.44 bits per heavy atom. The van der Waals surface area contributed by atoms with Crippen LogP contribution in [0.15, 0.2) is 22.7 Å². The third kappa shape index (κ3) is 7.10. The zero-order chi connectivity index (χ0) is 19.2. The van der Waals surface area contributed by atoms with E-state index in [1.165, 1.54) is 0 Å². The molecule has 0 aliphatic heterocycles. The van der Waals surface area contributed by atoms with Crippen LogP contribution in [-0.4, -0.2) is 36.2 Å². The van der Waals surface area contributed by atoms with Gasteiger partial charge in [0.1, 0.15) is 0 Å². The molecule has 1 aromatic carbocycles. The second-order valence-corrected chi connectivity index (χ2v) is 7.06. The topological polar surface area (TPSA) is 120 Å². The molecule has 0 radical (unpaired) electrons. The van der Waals surface area contributed by atoms with Gasteiger partial charge in [0.15, 0.2) is 0 Å². The standard InChI is InChI=1S/C16H22BrN3O5/c1-9-10(6-5-7-11(9)17)13(21)19-20-14(22)12(25-15(18)23)8-24-16(2,3)4/h5-7,12H,8H2,1-4H3,(H2,18,23)(H,19,21)(H,20,22)/t12-/m1/s1. The zero-order valence-electron chi connectivity index (χ0n) is 14.5. The number of halogens is 1. The summed E-state index contributed by atoms with van der Waals surface area (Å²) in [6.45, 7) is 6.90. The normalized spacial score (nSPS) is 12.2. The van der Waals surface area contributed by atoms with E-state index in [2.05, 4.69) is 26.8 Å². The van der Waals surface area contributed by atoms with Gasteiger partial charge in [-0.1, -0.05) is 22.0 Å². The minimum Gasteiger partial charge on any atom is -0.434 e. The molecule has 138 valence electrons. The fourth-order valence-corrected chi connectivity index (χ4v) is 2.11. The number of nitrogens with two attached hydrogens (primary N) is 1. The van der Waals surface area contributed by atoms with E-state index in [4.69, 9.17) is 15.2 Å². The molecule has 3 amide bonds. The number of amides is 3. The van der Waals surface area contributed by atoms with Crippen LogP contribution in [0.3, 0.4) is 0 Å². The number of benzene rings is 1. The van der Waals surface area contributed by atoms with Crippen molar-refractivity contribution in [2.75, 3.05) is 6.61 Å². The van der Waals surface area contributed by atoms with Crippen LogP contribution in [0, 0.1) is 6.92 Å². The molecule has 0 heterocycles. The summed E-state index contributed by atoms with van der Waals surface area (Å²) in [6.07, 6.45) is -2.41. The average molecular weight is 416 g/mol. The Kier molecular flexibility index (Phi) is 7.38. The largest absolute Gasteiger partial charge is 0.434 e. The molecule has 1 atom stereocenters. The molecular weight excluding hydrogens is 394 g/mol. The van der Waals surface area contributed by atoms with Gasteiger partial charge in [-0.05, 0) is 45.4 Å². The lowest BCUT2D eigenvalue weighted by Gasteiger charge is -2.23. The van der Waals surface area contributed by atoms with Gasteiger partial charge in [0.05, 0.1) is 12.2 Å². The van der Waals surface area contributed by atoms with Gasteiger partial charge in [0, 0.05) is 10.0 Å². The van der Waals surface area contributed by atoms with E-state index in [9.17, 15) is 14.4 Å². The summed E-state index contributed by atoms with van der Waals surface area (Å²) in [7, 11) is 0. The number of hydrogen-bond donors (Lipinski definition) is 3. The van der Waals surface area contributed by atoms with Crippen molar-refractivity contribution in [3.63, 3.8) is 0 Å². The minimum atomic E-state index is -1.29. The van der Waals surface area contributed by atoms with Crippen molar-refractivity contribution in [3.8, 4) is 0 Å².